The number of nitrogens with zero attached hydrogens (tertiary/aromatic N) is 1. The lowest BCUT2D eigenvalue weighted by Crippen LogP contribution is -2.12. The number of aromatic amines is 1. The minimum atomic E-state index is 0.130. The maximum atomic E-state index is 8.61. The van der Waals surface area contributed by atoms with Crippen LogP contribution >= 0.6 is 0 Å². The predicted octanol–water partition coefficient (Wildman–Crippen LogP) is 1.57. The van der Waals surface area contributed by atoms with Crippen molar-refractivity contribution < 1.29 is 5.21 Å². The molecule has 0 radical (unpaired) electrons. The fourth-order valence-corrected chi connectivity index (χ4v) is 1.62. The zero-order valence-electron chi connectivity index (χ0n) is 7.78. The lowest BCUT2D eigenvalue weighted by Gasteiger charge is -1.99. The summed E-state index contributed by atoms with van der Waals surface area (Å²) >= 11 is 0. The molecule has 0 aliphatic heterocycles. The van der Waals surface area contributed by atoms with Gasteiger partial charge in [0.25, 0.3) is 0 Å². The van der Waals surface area contributed by atoms with Gasteiger partial charge in [-0.3, -0.25) is 0 Å². The van der Waals surface area contributed by atoms with Crippen LogP contribution in [0.2, 0.25) is 0 Å². The van der Waals surface area contributed by atoms with Crippen LogP contribution in [-0.4, -0.2) is 16.0 Å². The predicted molar refractivity (Wildman–Crippen MR) is 55.5 cm³/mol. The topological polar surface area (TPSA) is 74.4 Å². The fourth-order valence-electron chi connectivity index (χ4n) is 1.62. The van der Waals surface area contributed by atoms with Gasteiger partial charge >= 0.3 is 0 Å². The van der Waals surface area contributed by atoms with E-state index in [0.29, 0.717) is 0 Å². The van der Waals surface area contributed by atoms with Gasteiger partial charge in [0.05, 0.1) is 0 Å². The van der Waals surface area contributed by atoms with Crippen molar-refractivity contribution >= 4 is 16.7 Å². The van der Waals surface area contributed by atoms with E-state index < -0.39 is 0 Å². The molecule has 0 saturated heterocycles. The van der Waals surface area contributed by atoms with Gasteiger partial charge in [-0.15, -0.1) is 0 Å². The zero-order chi connectivity index (χ0) is 10.1. The lowest BCUT2D eigenvalue weighted by atomic mass is 10.1. The van der Waals surface area contributed by atoms with Gasteiger partial charge in [0.1, 0.15) is 0 Å². The molecule has 0 atom stereocenters. The van der Waals surface area contributed by atoms with Gasteiger partial charge in [-0.05, 0) is 18.6 Å². The second-order valence-electron chi connectivity index (χ2n) is 3.19. The Kier molecular flexibility index (Phi) is 1.89. The first kappa shape index (κ1) is 8.62. The number of H-pyrrole nitrogens is 1. The van der Waals surface area contributed by atoms with E-state index in [0.717, 1.165) is 22.0 Å². The Morgan fingerprint density at radius 3 is 3.00 bits per heavy atom. The van der Waals surface area contributed by atoms with Crippen LogP contribution in [0.5, 0.6) is 0 Å². The van der Waals surface area contributed by atoms with E-state index >= 15 is 0 Å². The average Bonchev–Trinajstić information content (AvgIpc) is 2.62. The molecule has 14 heavy (non-hydrogen) atoms. The second kappa shape index (κ2) is 3.06. The summed E-state index contributed by atoms with van der Waals surface area (Å²) in [5.74, 6) is 0.130. The highest BCUT2D eigenvalue weighted by Gasteiger charge is 2.08. The number of oxime groups is 1. The Balaban J connectivity index is 2.80. The van der Waals surface area contributed by atoms with Crippen LogP contribution in [0.3, 0.4) is 0 Å². The molecule has 0 unspecified atom stereocenters. The smallest absolute Gasteiger partial charge is 0.172 e. The molecular formula is C10H11N3O. The highest BCUT2D eigenvalue weighted by Crippen LogP contribution is 2.21. The van der Waals surface area contributed by atoms with Gasteiger partial charge in [0.2, 0.25) is 0 Å². The highest BCUT2D eigenvalue weighted by atomic mass is 16.4. The number of fused-ring (bicyclic) bond motifs is 1. The fraction of sp³-hybridized carbons (Fsp3) is 0.100. The quantitative estimate of drug-likeness (QED) is 0.276. The first-order valence-electron chi connectivity index (χ1n) is 4.28. The molecule has 0 amide bonds. The van der Waals surface area contributed by atoms with Crippen LogP contribution in [0.1, 0.15) is 11.1 Å². The molecular weight excluding hydrogens is 178 g/mol. The summed E-state index contributed by atoms with van der Waals surface area (Å²) in [7, 11) is 0. The van der Waals surface area contributed by atoms with E-state index in [4.69, 9.17) is 10.9 Å². The third kappa shape index (κ3) is 1.12. The van der Waals surface area contributed by atoms with Crippen LogP contribution < -0.4 is 5.73 Å². The van der Waals surface area contributed by atoms with Crippen LogP contribution in [0.25, 0.3) is 10.9 Å². The molecule has 0 spiro atoms. The minimum absolute atomic E-state index is 0.130. The summed E-state index contributed by atoms with van der Waals surface area (Å²) in [5.41, 5.74) is 8.38. The van der Waals surface area contributed by atoms with Crippen molar-refractivity contribution in [1.29, 1.82) is 0 Å². The van der Waals surface area contributed by atoms with Gasteiger partial charge in [0.15, 0.2) is 5.84 Å². The van der Waals surface area contributed by atoms with E-state index in [-0.39, 0.29) is 5.84 Å². The van der Waals surface area contributed by atoms with Gasteiger partial charge in [-0.25, -0.2) is 0 Å². The molecule has 0 aliphatic carbocycles. The largest absolute Gasteiger partial charge is 0.409 e. The summed E-state index contributed by atoms with van der Waals surface area (Å²) in [5, 5.41) is 12.6. The van der Waals surface area contributed by atoms with Crippen LogP contribution in [0.4, 0.5) is 0 Å². The molecule has 2 aromatic rings. The van der Waals surface area contributed by atoms with Crippen molar-refractivity contribution in [2.45, 2.75) is 6.92 Å². The van der Waals surface area contributed by atoms with Crippen LogP contribution in [0.15, 0.2) is 29.6 Å². The number of aryl methyl sites for hydroxylation is 1. The molecule has 0 bridgehead atoms. The lowest BCUT2D eigenvalue weighted by molar-refractivity contribution is 0.318. The van der Waals surface area contributed by atoms with E-state index in [9.17, 15) is 0 Å². The van der Waals surface area contributed by atoms with Crippen molar-refractivity contribution in [2.75, 3.05) is 0 Å². The second-order valence-corrected chi connectivity index (χ2v) is 3.19. The first-order valence-corrected chi connectivity index (χ1v) is 4.28. The summed E-state index contributed by atoms with van der Waals surface area (Å²) in [6.07, 6.45) is 1.74. The van der Waals surface area contributed by atoms with Crippen molar-refractivity contribution in [3.63, 3.8) is 0 Å². The molecule has 0 aliphatic rings. The Hall–Kier alpha value is -1.97. The minimum Gasteiger partial charge on any atom is -0.409 e. The third-order valence-corrected chi connectivity index (χ3v) is 2.30. The Morgan fingerprint density at radius 1 is 1.50 bits per heavy atom. The van der Waals surface area contributed by atoms with Gasteiger partial charge in [-0.1, -0.05) is 17.3 Å². The molecule has 0 saturated carbocycles. The summed E-state index contributed by atoms with van der Waals surface area (Å²) in [4.78, 5) is 3.07. The molecule has 1 heterocycles. The number of rotatable bonds is 1. The standard InChI is InChI=1S/C10H11N3O/c1-6-3-2-4-8-9(6)7(5-12-8)10(11)13-14/h2-5,12,14H,1H3,(H2,11,13). The monoisotopic (exact) mass is 189 g/mol. The summed E-state index contributed by atoms with van der Waals surface area (Å²) < 4.78 is 0. The van der Waals surface area contributed by atoms with E-state index in [1.807, 2.05) is 25.1 Å². The van der Waals surface area contributed by atoms with Crippen molar-refractivity contribution in [3.05, 3.63) is 35.5 Å². The number of hydrogen-bond acceptors (Lipinski definition) is 2. The molecule has 4 nitrogen and oxygen atoms in total. The molecule has 4 heteroatoms. The number of aromatic nitrogens is 1. The number of benzene rings is 1. The molecule has 72 valence electrons. The average molecular weight is 189 g/mol. The summed E-state index contributed by atoms with van der Waals surface area (Å²) in [6, 6.07) is 5.91. The zero-order valence-corrected chi connectivity index (χ0v) is 7.78. The van der Waals surface area contributed by atoms with E-state index in [1.54, 1.807) is 6.20 Å². The van der Waals surface area contributed by atoms with Crippen molar-refractivity contribution in [1.82, 2.24) is 4.98 Å². The van der Waals surface area contributed by atoms with E-state index in [2.05, 4.69) is 10.1 Å². The molecule has 4 N–H and O–H groups in total. The van der Waals surface area contributed by atoms with Gasteiger partial charge in [0, 0.05) is 22.7 Å². The first-order chi connectivity index (χ1) is 6.74. The maximum absolute atomic E-state index is 8.61. The number of nitrogens with two attached hydrogens (primary N) is 1. The van der Waals surface area contributed by atoms with Crippen LogP contribution in [-0.2, 0) is 0 Å². The molecule has 0 fully saturated rings. The Morgan fingerprint density at radius 2 is 2.29 bits per heavy atom. The Bertz CT molecular complexity index is 499. The number of amidine groups is 1. The highest BCUT2D eigenvalue weighted by molar-refractivity contribution is 6.09. The maximum Gasteiger partial charge on any atom is 0.172 e. The van der Waals surface area contributed by atoms with Gasteiger partial charge in [-0.2, -0.15) is 0 Å². The molecule has 1 aromatic heterocycles. The Labute approximate surface area is 81.0 Å². The van der Waals surface area contributed by atoms with Crippen LogP contribution in [0, 0.1) is 6.92 Å². The number of nitrogens with one attached hydrogen (secondary N) is 1. The third-order valence-electron chi connectivity index (χ3n) is 2.30. The van der Waals surface area contributed by atoms with Gasteiger partial charge < -0.3 is 15.9 Å². The summed E-state index contributed by atoms with van der Waals surface area (Å²) in [6.45, 7) is 1.99. The van der Waals surface area contributed by atoms with E-state index in [1.165, 1.54) is 0 Å². The number of hydrogen-bond donors (Lipinski definition) is 3. The molecule has 1 aromatic carbocycles. The SMILES string of the molecule is Cc1cccc2[nH]cc(C(N)=NO)c12. The normalized spacial score (nSPS) is 12.2. The molecule has 2 rings (SSSR count). The van der Waals surface area contributed by atoms with Crippen molar-refractivity contribution in [2.24, 2.45) is 10.9 Å². The van der Waals surface area contributed by atoms with Crippen molar-refractivity contribution in [3.8, 4) is 0 Å².